The van der Waals surface area contributed by atoms with E-state index in [2.05, 4.69) is 24.9 Å². The molecule has 2 aromatic heterocycles. The van der Waals surface area contributed by atoms with Crippen LogP contribution in [0.4, 0.5) is 5.95 Å². The average Bonchev–Trinajstić information content (AvgIpc) is 3.25. The van der Waals surface area contributed by atoms with Gasteiger partial charge in [0.2, 0.25) is 0 Å². The van der Waals surface area contributed by atoms with Gasteiger partial charge in [-0.1, -0.05) is 17.7 Å². The molecule has 1 aliphatic heterocycles. The van der Waals surface area contributed by atoms with E-state index in [0.29, 0.717) is 33.9 Å². The fourth-order valence-electron chi connectivity index (χ4n) is 3.85. The van der Waals surface area contributed by atoms with Crippen LogP contribution >= 0.6 is 11.6 Å². The molecular formula is C22H27ClN6O5S. The third-order valence-corrected chi connectivity index (χ3v) is 7.15. The number of ether oxygens (including phenoxy) is 4. The number of aromatic nitrogens is 5. The van der Waals surface area contributed by atoms with Crippen molar-refractivity contribution in [3.05, 3.63) is 47.3 Å². The molecule has 4 rings (SSSR count). The van der Waals surface area contributed by atoms with Gasteiger partial charge in [-0.15, -0.1) is 10.2 Å². The van der Waals surface area contributed by atoms with E-state index in [4.69, 9.17) is 30.5 Å². The predicted molar refractivity (Wildman–Crippen MR) is 130 cm³/mol. The number of nitrogens with zero attached hydrogens (tertiary/aromatic N) is 5. The van der Waals surface area contributed by atoms with Crippen LogP contribution in [0.25, 0.3) is 5.69 Å². The largest absolute Gasteiger partial charge is 0.593 e. The maximum Gasteiger partial charge on any atom is 0.271 e. The van der Waals surface area contributed by atoms with E-state index in [0.717, 1.165) is 6.42 Å². The molecule has 1 saturated heterocycles. The lowest BCUT2D eigenvalue weighted by molar-refractivity contribution is -0.121. The molecule has 35 heavy (non-hydrogen) atoms. The number of para-hydroxylation sites is 1. The molecule has 1 N–H and O–H groups in total. The Hall–Kier alpha value is -2.64. The molecule has 4 unspecified atom stereocenters. The van der Waals surface area contributed by atoms with Gasteiger partial charge in [0.25, 0.3) is 5.95 Å². The molecule has 0 spiro atoms. The third kappa shape index (κ3) is 5.16. The van der Waals surface area contributed by atoms with Gasteiger partial charge in [-0.25, -0.2) is 9.97 Å². The Morgan fingerprint density at radius 3 is 2.34 bits per heavy atom. The van der Waals surface area contributed by atoms with E-state index >= 15 is 0 Å². The molecule has 13 heteroatoms. The fourth-order valence-corrected chi connectivity index (χ4v) is 4.90. The van der Waals surface area contributed by atoms with Crippen molar-refractivity contribution in [3.8, 4) is 17.2 Å². The number of methoxy groups -OCH3 is 3. The molecule has 1 fully saturated rings. The minimum atomic E-state index is -1.68. The quantitative estimate of drug-likeness (QED) is 0.395. The van der Waals surface area contributed by atoms with Crippen LogP contribution in [0.15, 0.2) is 30.6 Å². The molecule has 0 bridgehead atoms. The zero-order chi connectivity index (χ0) is 25.1. The molecule has 1 aliphatic rings. The van der Waals surface area contributed by atoms with Crippen molar-refractivity contribution in [1.29, 1.82) is 0 Å². The first-order valence-electron chi connectivity index (χ1n) is 10.9. The van der Waals surface area contributed by atoms with Crippen molar-refractivity contribution in [2.75, 3.05) is 26.1 Å². The second-order valence-corrected chi connectivity index (χ2v) is 9.90. The number of anilines is 1. The highest BCUT2D eigenvalue weighted by atomic mass is 35.5. The van der Waals surface area contributed by atoms with E-state index in [9.17, 15) is 4.55 Å². The highest BCUT2D eigenvalue weighted by molar-refractivity contribution is 7.93. The Morgan fingerprint density at radius 1 is 1.17 bits per heavy atom. The van der Waals surface area contributed by atoms with E-state index < -0.39 is 22.7 Å². The second kappa shape index (κ2) is 11.0. The summed E-state index contributed by atoms with van der Waals surface area (Å²) >= 11 is 4.22. The zero-order valence-electron chi connectivity index (χ0n) is 20.0. The normalized spacial score (nSPS) is 20.0. The number of benzene rings is 1. The minimum Gasteiger partial charge on any atom is -0.593 e. The van der Waals surface area contributed by atoms with Crippen molar-refractivity contribution in [2.45, 2.75) is 43.8 Å². The van der Waals surface area contributed by atoms with Gasteiger partial charge in [-0.3, -0.25) is 4.57 Å². The second-order valence-electron chi connectivity index (χ2n) is 7.92. The SMILES string of the molecule is COc1cccc(OC)c1-n1c(N[S+]([O-])C(C)C(OC)c2ncc(Cl)cn2)nnc1C1C[C@@H](C)O1. The maximum atomic E-state index is 13.4. The highest BCUT2D eigenvalue weighted by Gasteiger charge is 2.37. The standard InChI is InChI=1S/C22H27ClN6O5S/c1-12-9-17(34-12)21-26-27-22(29(21)18-15(31-3)7-6-8-16(18)32-4)28-35(30)13(2)19(33-5)20-24-10-14(23)11-25-20/h6-8,10-13,17,19H,9H2,1-5H3,(H,27,28)/t12-,13?,17?,19?,35?/m1/s1. The Labute approximate surface area is 211 Å². The van der Waals surface area contributed by atoms with Crippen LogP contribution in [0, 0.1) is 0 Å². The lowest BCUT2D eigenvalue weighted by atomic mass is 10.1. The zero-order valence-corrected chi connectivity index (χ0v) is 21.5. The van der Waals surface area contributed by atoms with Crippen LogP contribution in [0.1, 0.15) is 44.1 Å². The minimum absolute atomic E-state index is 0.108. The average molecular weight is 523 g/mol. The van der Waals surface area contributed by atoms with E-state index in [1.165, 1.54) is 19.5 Å². The van der Waals surface area contributed by atoms with Crippen molar-refractivity contribution in [3.63, 3.8) is 0 Å². The number of hydrogen-bond acceptors (Lipinski definition) is 10. The fraction of sp³-hybridized carbons (Fsp3) is 0.455. The molecule has 1 aromatic carbocycles. The molecule has 188 valence electrons. The van der Waals surface area contributed by atoms with E-state index in [1.807, 2.05) is 13.0 Å². The van der Waals surface area contributed by atoms with Crippen LogP contribution in [-0.4, -0.2) is 62.0 Å². The first kappa shape index (κ1) is 25.5. The summed E-state index contributed by atoms with van der Waals surface area (Å²) in [4.78, 5) is 8.42. The molecule has 3 heterocycles. The molecule has 0 saturated carbocycles. The first-order chi connectivity index (χ1) is 16.9. The van der Waals surface area contributed by atoms with Crippen LogP contribution in [-0.2, 0) is 20.8 Å². The predicted octanol–water partition coefficient (Wildman–Crippen LogP) is 3.43. The van der Waals surface area contributed by atoms with Gasteiger partial charge in [0.05, 0.1) is 36.7 Å². The highest BCUT2D eigenvalue weighted by Crippen LogP contribution is 2.41. The van der Waals surface area contributed by atoms with Crippen LogP contribution in [0.3, 0.4) is 0 Å². The van der Waals surface area contributed by atoms with E-state index in [-0.39, 0.29) is 18.2 Å². The Morgan fingerprint density at radius 2 is 1.80 bits per heavy atom. The summed E-state index contributed by atoms with van der Waals surface area (Å²) < 4.78 is 40.8. The lowest BCUT2D eigenvalue weighted by Gasteiger charge is -2.33. The molecule has 11 nitrogen and oxygen atoms in total. The Kier molecular flexibility index (Phi) is 7.97. The van der Waals surface area contributed by atoms with Crippen molar-refractivity contribution < 1.29 is 23.5 Å². The van der Waals surface area contributed by atoms with Gasteiger partial charge >= 0.3 is 0 Å². The van der Waals surface area contributed by atoms with Crippen molar-refractivity contribution >= 4 is 28.9 Å². The number of hydrogen-bond donors (Lipinski definition) is 1. The van der Waals surface area contributed by atoms with Gasteiger partial charge < -0.3 is 23.5 Å². The van der Waals surface area contributed by atoms with Crippen LogP contribution in [0.5, 0.6) is 11.5 Å². The Bertz CT molecular complexity index is 1120. The molecule has 0 amide bonds. The maximum absolute atomic E-state index is 13.4. The summed E-state index contributed by atoms with van der Waals surface area (Å²) in [7, 11) is 4.63. The summed E-state index contributed by atoms with van der Waals surface area (Å²) in [6.07, 6.45) is 2.88. The van der Waals surface area contributed by atoms with Crippen LogP contribution in [0.2, 0.25) is 5.02 Å². The van der Waals surface area contributed by atoms with Crippen molar-refractivity contribution in [1.82, 2.24) is 24.7 Å². The smallest absolute Gasteiger partial charge is 0.271 e. The number of nitrogens with one attached hydrogen (secondary N) is 1. The van der Waals surface area contributed by atoms with E-state index in [1.54, 1.807) is 37.8 Å². The summed E-state index contributed by atoms with van der Waals surface area (Å²) in [5.74, 6) is 2.21. The van der Waals surface area contributed by atoms with Gasteiger partial charge in [-0.05, 0) is 26.0 Å². The molecular weight excluding hydrogens is 496 g/mol. The first-order valence-corrected chi connectivity index (χ1v) is 12.5. The molecule has 5 atom stereocenters. The van der Waals surface area contributed by atoms with Gasteiger partial charge in [0.1, 0.15) is 23.3 Å². The lowest BCUT2D eigenvalue weighted by Crippen LogP contribution is -2.34. The summed E-state index contributed by atoms with van der Waals surface area (Å²) in [6.45, 7) is 3.75. The molecule has 0 radical (unpaired) electrons. The number of halogens is 1. The third-order valence-electron chi connectivity index (χ3n) is 5.65. The molecule has 0 aliphatic carbocycles. The summed E-state index contributed by atoms with van der Waals surface area (Å²) in [5, 5.41) is 8.48. The topological polar surface area (TPSA) is 128 Å². The number of rotatable bonds is 10. The Balaban J connectivity index is 1.70. The van der Waals surface area contributed by atoms with Gasteiger partial charge in [0.15, 0.2) is 23.0 Å². The molecule has 3 aromatic rings. The summed E-state index contributed by atoms with van der Waals surface area (Å²) in [5.41, 5.74) is 0.567. The van der Waals surface area contributed by atoms with Crippen LogP contribution < -0.4 is 14.2 Å². The monoisotopic (exact) mass is 522 g/mol. The van der Waals surface area contributed by atoms with Crippen molar-refractivity contribution in [2.24, 2.45) is 0 Å². The summed E-state index contributed by atoms with van der Waals surface area (Å²) in [6, 6.07) is 5.41. The van der Waals surface area contributed by atoms with Gasteiger partial charge in [0, 0.05) is 25.9 Å². The van der Waals surface area contributed by atoms with Gasteiger partial charge in [-0.2, -0.15) is 4.72 Å².